The van der Waals surface area contributed by atoms with Crippen molar-refractivity contribution in [1.29, 1.82) is 0 Å². The van der Waals surface area contributed by atoms with Gasteiger partial charge in [-0.25, -0.2) is 5.01 Å². The monoisotopic (exact) mass is 513 g/mol. The molecule has 3 aromatic carbocycles. The Labute approximate surface area is 221 Å². The topological polar surface area (TPSA) is 56.1 Å². The minimum Gasteiger partial charge on any atom is -0.497 e. The summed E-state index contributed by atoms with van der Waals surface area (Å²) in [6.07, 6.45) is 3.87. The lowest BCUT2D eigenvalue weighted by Crippen LogP contribution is -2.28. The molecule has 0 fully saturated rings. The van der Waals surface area contributed by atoms with Crippen LogP contribution in [0.25, 0.3) is 10.9 Å². The fraction of sp³-hybridized carbons (Fsp3) is 0.267. The van der Waals surface area contributed by atoms with E-state index in [1.165, 1.54) is 10.9 Å². The Balaban J connectivity index is 1.40. The number of thioether (sulfide) groups is 1. The van der Waals surface area contributed by atoms with Crippen LogP contribution in [-0.4, -0.2) is 41.2 Å². The molecule has 1 aromatic heterocycles. The van der Waals surface area contributed by atoms with Crippen molar-refractivity contribution in [2.45, 2.75) is 37.2 Å². The zero-order valence-corrected chi connectivity index (χ0v) is 22.2. The molecule has 0 saturated heterocycles. The van der Waals surface area contributed by atoms with E-state index in [9.17, 15) is 4.79 Å². The number of para-hydroxylation sites is 1. The van der Waals surface area contributed by atoms with Gasteiger partial charge in [0.15, 0.2) is 0 Å². The summed E-state index contributed by atoms with van der Waals surface area (Å²) in [5, 5.41) is 7.68. The van der Waals surface area contributed by atoms with Crippen LogP contribution in [0.4, 0.5) is 0 Å². The highest BCUT2D eigenvalue weighted by Crippen LogP contribution is 2.36. The van der Waals surface area contributed by atoms with Crippen LogP contribution in [-0.2, 0) is 11.3 Å². The predicted octanol–water partition coefficient (Wildman–Crippen LogP) is 6.54. The third-order valence-electron chi connectivity index (χ3n) is 6.66. The molecule has 1 aliphatic rings. The normalized spacial score (nSPS) is 15.2. The van der Waals surface area contributed by atoms with E-state index in [1.54, 1.807) is 31.0 Å². The molecule has 0 radical (unpaired) electrons. The summed E-state index contributed by atoms with van der Waals surface area (Å²) < 4.78 is 12.9. The summed E-state index contributed by atoms with van der Waals surface area (Å²) in [6, 6.07) is 23.9. The van der Waals surface area contributed by atoms with Crippen LogP contribution in [0, 0.1) is 0 Å². The number of hydrogen-bond donors (Lipinski definition) is 0. The lowest BCUT2D eigenvalue weighted by Gasteiger charge is -2.22. The molecule has 6 nitrogen and oxygen atoms in total. The number of hydrazone groups is 1. The fourth-order valence-electron chi connectivity index (χ4n) is 4.74. The van der Waals surface area contributed by atoms with Crippen molar-refractivity contribution in [3.8, 4) is 11.5 Å². The molecule has 0 N–H and O–H groups in total. The Kier molecular flexibility index (Phi) is 7.51. The molecule has 0 spiro atoms. The van der Waals surface area contributed by atoms with Gasteiger partial charge in [-0.05, 0) is 60.0 Å². The minimum atomic E-state index is -0.169. The third kappa shape index (κ3) is 5.23. The van der Waals surface area contributed by atoms with Gasteiger partial charge in [-0.15, -0.1) is 11.8 Å². The first-order chi connectivity index (χ1) is 18.1. The molecule has 2 heterocycles. The van der Waals surface area contributed by atoms with Crippen LogP contribution in [0.3, 0.4) is 0 Å². The number of aryl methyl sites for hydroxylation is 1. The van der Waals surface area contributed by atoms with Crippen molar-refractivity contribution in [2.24, 2.45) is 5.10 Å². The van der Waals surface area contributed by atoms with Crippen molar-refractivity contribution in [3.63, 3.8) is 0 Å². The van der Waals surface area contributed by atoms with E-state index >= 15 is 0 Å². The highest BCUT2D eigenvalue weighted by Gasteiger charge is 2.33. The van der Waals surface area contributed by atoms with Gasteiger partial charge < -0.3 is 14.0 Å². The van der Waals surface area contributed by atoms with E-state index in [1.807, 2.05) is 48.5 Å². The molecule has 7 heteroatoms. The number of methoxy groups -OCH3 is 2. The number of rotatable bonds is 9. The largest absolute Gasteiger partial charge is 0.497 e. The van der Waals surface area contributed by atoms with E-state index in [0.29, 0.717) is 12.2 Å². The first kappa shape index (κ1) is 25.0. The SMILES string of the molecule is CCCn1cc(SCC(=O)N2N=C(c3ccc(OC)cc3)C[C@H]2c2ccc(OC)cc2)c2ccccc21. The van der Waals surface area contributed by atoms with Crippen molar-refractivity contribution in [3.05, 3.63) is 90.1 Å². The lowest BCUT2D eigenvalue weighted by molar-refractivity contribution is -0.130. The first-order valence-electron chi connectivity index (χ1n) is 12.5. The molecule has 37 heavy (non-hydrogen) atoms. The zero-order valence-electron chi connectivity index (χ0n) is 21.4. The van der Waals surface area contributed by atoms with Gasteiger partial charge >= 0.3 is 0 Å². The second-order valence-electron chi connectivity index (χ2n) is 9.00. The summed E-state index contributed by atoms with van der Waals surface area (Å²) in [4.78, 5) is 14.7. The molecule has 1 atom stereocenters. The number of carbonyl (C=O) groups is 1. The Morgan fingerprint density at radius 2 is 1.65 bits per heavy atom. The van der Waals surface area contributed by atoms with Gasteiger partial charge in [0.1, 0.15) is 11.5 Å². The maximum absolute atomic E-state index is 13.6. The van der Waals surface area contributed by atoms with E-state index in [2.05, 4.69) is 42.0 Å². The molecular weight excluding hydrogens is 482 g/mol. The summed E-state index contributed by atoms with van der Waals surface area (Å²) >= 11 is 1.58. The van der Waals surface area contributed by atoms with Gasteiger partial charge in [-0.1, -0.05) is 37.3 Å². The average Bonchev–Trinajstić information content (AvgIpc) is 3.55. The van der Waals surface area contributed by atoms with Crippen molar-refractivity contribution in [1.82, 2.24) is 9.58 Å². The Bertz CT molecular complexity index is 1410. The zero-order chi connectivity index (χ0) is 25.8. The standard InChI is InChI=1S/C30H31N3O3S/c1-4-17-32-19-29(25-7-5-6-8-27(25)32)37-20-30(34)33-28(22-11-15-24(36-3)16-12-22)18-26(31-33)21-9-13-23(35-2)14-10-21/h5-16,19,28H,4,17-18,20H2,1-3H3/t28-/m0/s1. The second kappa shape index (κ2) is 11.1. The van der Waals surface area contributed by atoms with Crippen molar-refractivity contribution < 1.29 is 14.3 Å². The number of benzene rings is 3. The molecular formula is C30H31N3O3S. The molecule has 5 rings (SSSR count). The second-order valence-corrected chi connectivity index (χ2v) is 10.0. The Morgan fingerprint density at radius 3 is 2.32 bits per heavy atom. The number of aromatic nitrogens is 1. The van der Waals surface area contributed by atoms with Gasteiger partial charge in [0.05, 0.1) is 31.7 Å². The van der Waals surface area contributed by atoms with Crippen molar-refractivity contribution >= 4 is 34.3 Å². The molecule has 1 aliphatic heterocycles. The molecule has 190 valence electrons. The minimum absolute atomic E-state index is 0.0124. The van der Waals surface area contributed by atoms with Crippen molar-refractivity contribution in [2.75, 3.05) is 20.0 Å². The summed E-state index contributed by atoms with van der Waals surface area (Å²) in [6.45, 7) is 3.13. The Hall–Kier alpha value is -3.71. The number of carbonyl (C=O) groups excluding carboxylic acids is 1. The van der Waals surface area contributed by atoms with Gasteiger partial charge in [0, 0.05) is 35.0 Å². The number of fused-ring (bicyclic) bond motifs is 1. The van der Waals surface area contributed by atoms with Crippen LogP contribution in [0.5, 0.6) is 11.5 Å². The van der Waals surface area contributed by atoms with Gasteiger partial charge in [0.2, 0.25) is 0 Å². The van der Waals surface area contributed by atoms with Gasteiger partial charge in [-0.2, -0.15) is 5.10 Å². The fourth-order valence-corrected chi connectivity index (χ4v) is 5.68. The third-order valence-corrected chi connectivity index (χ3v) is 7.69. The number of ether oxygens (including phenoxy) is 2. The van der Waals surface area contributed by atoms with Crippen LogP contribution in [0.1, 0.15) is 36.9 Å². The molecule has 4 aromatic rings. The quantitative estimate of drug-likeness (QED) is 0.239. The predicted molar refractivity (Wildman–Crippen MR) is 150 cm³/mol. The van der Waals surface area contributed by atoms with E-state index in [0.717, 1.165) is 46.2 Å². The van der Waals surface area contributed by atoms with E-state index in [-0.39, 0.29) is 11.9 Å². The molecule has 0 aliphatic carbocycles. The molecule has 0 bridgehead atoms. The average molecular weight is 514 g/mol. The highest BCUT2D eigenvalue weighted by molar-refractivity contribution is 8.00. The van der Waals surface area contributed by atoms with E-state index in [4.69, 9.17) is 14.6 Å². The molecule has 0 saturated carbocycles. The summed E-state index contributed by atoms with van der Waals surface area (Å²) in [5.74, 6) is 1.88. The lowest BCUT2D eigenvalue weighted by atomic mass is 9.98. The number of hydrogen-bond acceptors (Lipinski definition) is 5. The molecule has 1 amide bonds. The van der Waals surface area contributed by atoms with Gasteiger partial charge in [-0.3, -0.25) is 4.79 Å². The maximum atomic E-state index is 13.6. The summed E-state index contributed by atoms with van der Waals surface area (Å²) in [7, 11) is 3.31. The van der Waals surface area contributed by atoms with Crippen LogP contribution >= 0.6 is 11.8 Å². The van der Waals surface area contributed by atoms with Crippen LogP contribution < -0.4 is 9.47 Å². The first-order valence-corrected chi connectivity index (χ1v) is 13.5. The smallest absolute Gasteiger partial charge is 0.253 e. The summed E-state index contributed by atoms with van der Waals surface area (Å²) in [5.41, 5.74) is 4.12. The highest BCUT2D eigenvalue weighted by atomic mass is 32.2. The molecule has 0 unspecified atom stereocenters. The number of nitrogens with zero attached hydrogens (tertiary/aromatic N) is 3. The Morgan fingerprint density at radius 1 is 0.973 bits per heavy atom. The maximum Gasteiger partial charge on any atom is 0.253 e. The van der Waals surface area contributed by atoms with Crippen LogP contribution in [0.2, 0.25) is 0 Å². The van der Waals surface area contributed by atoms with Crippen LogP contribution in [0.15, 0.2) is 89.0 Å². The van der Waals surface area contributed by atoms with Gasteiger partial charge in [0.25, 0.3) is 5.91 Å². The van der Waals surface area contributed by atoms with E-state index < -0.39 is 0 Å². The number of amides is 1.